The van der Waals surface area contributed by atoms with Crippen molar-refractivity contribution in [2.24, 2.45) is 0 Å². The Kier molecular flexibility index (Phi) is 3.94. The molecule has 17 heavy (non-hydrogen) atoms. The summed E-state index contributed by atoms with van der Waals surface area (Å²) in [6.45, 7) is -0.00282. The molecule has 9 heteroatoms. The predicted octanol–water partition coefficient (Wildman–Crippen LogP) is -0.371. The van der Waals surface area contributed by atoms with Crippen molar-refractivity contribution >= 4 is 38.1 Å². The van der Waals surface area contributed by atoms with E-state index in [-0.39, 0.29) is 23.2 Å². The Morgan fingerprint density at radius 1 is 1.53 bits per heavy atom. The molecule has 0 saturated carbocycles. The van der Waals surface area contributed by atoms with Crippen molar-refractivity contribution in [3.05, 3.63) is 0 Å². The molecule has 7 nitrogen and oxygen atoms in total. The number of nitrogens with zero attached hydrogens (tertiary/aromatic N) is 2. The lowest BCUT2D eigenvalue weighted by atomic mass is 10.5. The number of carbonyl (C=O) groups is 1. The van der Waals surface area contributed by atoms with Gasteiger partial charge in [-0.3, -0.25) is 4.79 Å². The molecule has 96 valence electrons. The van der Waals surface area contributed by atoms with Gasteiger partial charge in [-0.15, -0.1) is 0 Å². The number of aromatic nitrogens is 1. The maximum absolute atomic E-state index is 11.5. The maximum atomic E-state index is 11.5. The smallest absolute Gasteiger partial charge is 0.241 e. The van der Waals surface area contributed by atoms with Gasteiger partial charge in [0.05, 0.1) is 6.54 Å². The fourth-order valence-corrected chi connectivity index (χ4v) is 3.14. The second kappa shape index (κ2) is 4.88. The summed E-state index contributed by atoms with van der Waals surface area (Å²) < 4.78 is 26.7. The van der Waals surface area contributed by atoms with Crippen molar-refractivity contribution in [2.75, 3.05) is 37.9 Å². The van der Waals surface area contributed by atoms with Gasteiger partial charge in [-0.05, 0) is 11.5 Å². The normalized spacial score (nSPS) is 11.2. The van der Waals surface area contributed by atoms with Gasteiger partial charge in [-0.25, -0.2) is 8.42 Å². The fraction of sp³-hybridized carbons (Fsp3) is 0.500. The van der Waals surface area contributed by atoms with Gasteiger partial charge in [-0.2, -0.15) is 4.37 Å². The number of hydrogen-bond donors (Lipinski definition) is 2. The Bertz CT molecular complexity index is 521. The van der Waals surface area contributed by atoms with E-state index in [4.69, 9.17) is 5.73 Å². The van der Waals surface area contributed by atoms with Gasteiger partial charge >= 0.3 is 0 Å². The molecule has 0 spiro atoms. The van der Waals surface area contributed by atoms with Crippen LogP contribution in [0.3, 0.4) is 0 Å². The number of rotatable bonds is 4. The van der Waals surface area contributed by atoms with Crippen LogP contribution in [0.2, 0.25) is 0 Å². The molecule has 1 amide bonds. The number of nitrogen functional groups attached to an aromatic ring is 1. The zero-order valence-corrected chi connectivity index (χ0v) is 11.4. The van der Waals surface area contributed by atoms with Crippen molar-refractivity contribution in [1.29, 1.82) is 0 Å². The molecule has 1 rings (SSSR count). The molecule has 1 aromatic heterocycles. The molecule has 0 saturated heterocycles. The van der Waals surface area contributed by atoms with E-state index in [1.54, 1.807) is 14.1 Å². The molecule has 1 heterocycles. The molecule has 0 aliphatic heterocycles. The van der Waals surface area contributed by atoms with Crippen molar-refractivity contribution in [2.45, 2.75) is 4.90 Å². The molecule has 0 aromatic carbocycles. The predicted molar refractivity (Wildman–Crippen MR) is 66.8 cm³/mol. The first-order chi connectivity index (χ1) is 7.73. The number of carbonyl (C=O) groups excluding carboxylic acids is 1. The second-order valence-corrected chi connectivity index (χ2v) is 6.37. The summed E-state index contributed by atoms with van der Waals surface area (Å²) in [4.78, 5) is 12.7. The van der Waals surface area contributed by atoms with Gasteiger partial charge in [0, 0.05) is 20.4 Å². The number of amides is 1. The topological polar surface area (TPSA) is 105 Å². The highest BCUT2D eigenvalue weighted by Crippen LogP contribution is 2.30. The van der Waals surface area contributed by atoms with Crippen LogP contribution in [0.1, 0.15) is 0 Å². The number of nitrogens with two attached hydrogens (primary N) is 1. The van der Waals surface area contributed by atoms with Crippen molar-refractivity contribution in [1.82, 2.24) is 9.27 Å². The molecule has 0 atom stereocenters. The van der Waals surface area contributed by atoms with Gasteiger partial charge in [-0.1, -0.05) is 0 Å². The van der Waals surface area contributed by atoms with E-state index < -0.39 is 9.84 Å². The highest BCUT2D eigenvalue weighted by molar-refractivity contribution is 7.91. The SMILES string of the molecule is CN(C)C(=O)CNc1snc(N)c1S(C)(=O)=O. The van der Waals surface area contributed by atoms with Gasteiger partial charge in [0.25, 0.3) is 0 Å². The van der Waals surface area contributed by atoms with E-state index in [9.17, 15) is 13.2 Å². The van der Waals surface area contributed by atoms with E-state index in [1.807, 2.05) is 0 Å². The van der Waals surface area contributed by atoms with Gasteiger partial charge in [0.2, 0.25) is 5.91 Å². The van der Waals surface area contributed by atoms with Crippen LogP contribution in [0.15, 0.2) is 4.90 Å². The van der Waals surface area contributed by atoms with Gasteiger partial charge in [0.1, 0.15) is 9.90 Å². The minimum Gasteiger partial charge on any atom is -0.382 e. The van der Waals surface area contributed by atoms with Crippen molar-refractivity contribution in [3.8, 4) is 0 Å². The molecule has 1 aromatic rings. The van der Waals surface area contributed by atoms with Crippen LogP contribution < -0.4 is 11.1 Å². The monoisotopic (exact) mass is 278 g/mol. The lowest BCUT2D eigenvalue weighted by Crippen LogP contribution is -2.28. The molecule has 0 aliphatic carbocycles. The third-order valence-corrected chi connectivity index (χ3v) is 4.05. The number of anilines is 2. The number of nitrogens with one attached hydrogen (secondary N) is 1. The van der Waals surface area contributed by atoms with E-state index in [0.717, 1.165) is 17.8 Å². The molecular formula is C8H14N4O3S2. The third kappa shape index (κ3) is 3.30. The summed E-state index contributed by atoms with van der Waals surface area (Å²) in [6.07, 6.45) is 1.05. The van der Waals surface area contributed by atoms with Crippen LogP contribution in [0.4, 0.5) is 10.8 Å². The average molecular weight is 278 g/mol. The van der Waals surface area contributed by atoms with Gasteiger partial charge < -0.3 is 16.0 Å². The molecular weight excluding hydrogens is 264 g/mol. The Labute approximate surface area is 104 Å². The largest absolute Gasteiger partial charge is 0.382 e. The van der Waals surface area contributed by atoms with Crippen LogP contribution in [0.5, 0.6) is 0 Å². The summed E-state index contributed by atoms with van der Waals surface area (Å²) in [5, 5.41) is 3.02. The minimum absolute atomic E-state index is 0.00282. The summed E-state index contributed by atoms with van der Waals surface area (Å²) in [5.41, 5.74) is 5.48. The maximum Gasteiger partial charge on any atom is 0.241 e. The van der Waals surface area contributed by atoms with Crippen LogP contribution in [-0.4, -0.2) is 50.5 Å². The first kappa shape index (κ1) is 13.7. The van der Waals surface area contributed by atoms with Crippen LogP contribution in [0, 0.1) is 0 Å². The molecule has 3 N–H and O–H groups in total. The number of hydrogen-bond acceptors (Lipinski definition) is 7. The Morgan fingerprint density at radius 2 is 2.12 bits per heavy atom. The lowest BCUT2D eigenvalue weighted by molar-refractivity contribution is -0.126. The molecule has 0 radical (unpaired) electrons. The van der Waals surface area contributed by atoms with Crippen molar-refractivity contribution in [3.63, 3.8) is 0 Å². The molecule has 0 aliphatic rings. The Morgan fingerprint density at radius 3 is 2.59 bits per heavy atom. The first-order valence-electron chi connectivity index (χ1n) is 4.62. The highest BCUT2D eigenvalue weighted by atomic mass is 32.2. The van der Waals surface area contributed by atoms with E-state index in [1.165, 1.54) is 4.90 Å². The van der Waals surface area contributed by atoms with E-state index in [2.05, 4.69) is 9.69 Å². The summed E-state index contributed by atoms with van der Waals surface area (Å²) >= 11 is 0.921. The summed E-state index contributed by atoms with van der Waals surface area (Å²) in [7, 11) is -0.226. The third-order valence-electron chi connectivity index (χ3n) is 1.94. The minimum atomic E-state index is -3.45. The first-order valence-corrected chi connectivity index (χ1v) is 7.29. The zero-order chi connectivity index (χ0) is 13.2. The van der Waals surface area contributed by atoms with E-state index in [0.29, 0.717) is 5.00 Å². The summed E-state index contributed by atoms with van der Waals surface area (Å²) in [6, 6.07) is 0. The molecule has 0 bridgehead atoms. The number of sulfone groups is 1. The van der Waals surface area contributed by atoms with Crippen LogP contribution in [0.25, 0.3) is 0 Å². The standard InChI is InChI=1S/C8H14N4O3S2/c1-12(2)5(13)4-10-8-6(17(3,14)15)7(9)11-16-8/h10H,4H2,1-3H3,(H2,9,11). The Hall–Kier alpha value is -1.35. The van der Waals surface area contributed by atoms with E-state index >= 15 is 0 Å². The molecule has 0 fully saturated rings. The second-order valence-electron chi connectivity index (χ2n) is 3.64. The van der Waals surface area contributed by atoms with Crippen LogP contribution in [-0.2, 0) is 14.6 Å². The molecule has 0 unspecified atom stereocenters. The van der Waals surface area contributed by atoms with Crippen LogP contribution >= 0.6 is 11.5 Å². The average Bonchev–Trinajstić information content (AvgIpc) is 2.55. The highest BCUT2D eigenvalue weighted by Gasteiger charge is 2.21. The van der Waals surface area contributed by atoms with Crippen molar-refractivity contribution < 1.29 is 13.2 Å². The summed E-state index contributed by atoms with van der Waals surface area (Å²) in [5.74, 6) is -0.214. The Balaban J connectivity index is 2.91. The number of likely N-dealkylation sites (N-methyl/N-ethyl adjacent to an activating group) is 1. The quantitative estimate of drug-likeness (QED) is 0.778. The zero-order valence-electron chi connectivity index (χ0n) is 9.72. The van der Waals surface area contributed by atoms with Gasteiger partial charge in [0.15, 0.2) is 15.7 Å². The fourth-order valence-electron chi connectivity index (χ4n) is 1.08. The lowest BCUT2D eigenvalue weighted by Gasteiger charge is -2.11.